The normalized spacial score (nSPS) is 12.9. The fourth-order valence-corrected chi connectivity index (χ4v) is 7.92. The summed E-state index contributed by atoms with van der Waals surface area (Å²) in [5.74, 6) is -0.349. The molecule has 2 rings (SSSR count). The van der Waals surface area contributed by atoms with Crippen molar-refractivity contribution in [2.45, 2.75) is 52.2 Å². The predicted octanol–water partition coefficient (Wildman–Crippen LogP) is 4.46. The summed E-state index contributed by atoms with van der Waals surface area (Å²) < 4.78 is 12.0. The first kappa shape index (κ1) is 22.1. The zero-order chi connectivity index (χ0) is 20.8. The number of rotatable bonds is 6. The van der Waals surface area contributed by atoms with Crippen LogP contribution >= 0.6 is 0 Å². The molecular weight excluding hydrogens is 364 g/mol. The summed E-state index contributed by atoms with van der Waals surface area (Å²) in [5, 5.41) is 2.36. The van der Waals surface area contributed by atoms with Crippen LogP contribution in [0.4, 0.5) is 0 Å². The highest BCUT2D eigenvalue weighted by atomic mass is 28.4. The zero-order valence-corrected chi connectivity index (χ0v) is 18.9. The minimum absolute atomic E-state index is 0.0878. The number of benzene rings is 2. The Balaban J connectivity index is 2.36. The quantitative estimate of drug-likeness (QED) is 0.411. The van der Waals surface area contributed by atoms with E-state index in [1.165, 1.54) is 16.4 Å². The average molecular weight is 397 g/mol. The van der Waals surface area contributed by atoms with E-state index in [0.717, 1.165) is 0 Å². The molecule has 28 heavy (non-hydrogen) atoms. The van der Waals surface area contributed by atoms with Crippen molar-refractivity contribution < 1.29 is 14.0 Å². The number of carbonyl (C=O) groups excluding carboxylic acids is 1. The van der Waals surface area contributed by atoms with Crippen LogP contribution < -0.4 is 10.4 Å². The van der Waals surface area contributed by atoms with E-state index in [9.17, 15) is 4.79 Å². The molecule has 0 aliphatic heterocycles. The molecule has 0 N–H and O–H groups in total. The molecule has 0 aromatic heterocycles. The Morgan fingerprint density at radius 3 is 1.71 bits per heavy atom. The summed E-state index contributed by atoms with van der Waals surface area (Å²) in [6.45, 7) is 12.6. The minimum Gasteiger partial charge on any atom is -0.457 e. The highest BCUT2D eigenvalue weighted by molar-refractivity contribution is 6.99. The summed E-state index contributed by atoms with van der Waals surface area (Å²) in [7, 11) is -2.57. The first-order valence-electron chi connectivity index (χ1n) is 9.71. The molecule has 2 aromatic carbocycles. The molecule has 150 valence electrons. The second-order valence-electron chi connectivity index (χ2n) is 8.91. The fourth-order valence-electron chi connectivity index (χ4n) is 3.41. The van der Waals surface area contributed by atoms with Crippen LogP contribution in [0.3, 0.4) is 0 Å². The van der Waals surface area contributed by atoms with Gasteiger partial charge < -0.3 is 9.16 Å². The van der Waals surface area contributed by atoms with E-state index in [1.807, 2.05) is 32.9 Å². The largest absolute Gasteiger partial charge is 0.457 e. The summed E-state index contributed by atoms with van der Waals surface area (Å²) in [5.41, 5.74) is -0.500. The van der Waals surface area contributed by atoms with Crippen molar-refractivity contribution in [1.82, 2.24) is 0 Å². The van der Waals surface area contributed by atoms with Crippen LogP contribution in [-0.4, -0.2) is 26.5 Å². The van der Waals surface area contributed by atoms with Crippen LogP contribution in [0.25, 0.3) is 0 Å². The Bertz CT molecular complexity index is 745. The number of hydrogen-bond acceptors (Lipinski definition) is 3. The molecule has 0 aliphatic carbocycles. The molecule has 0 saturated carbocycles. The molecule has 0 saturated heterocycles. The van der Waals surface area contributed by atoms with Gasteiger partial charge in [-0.15, -0.1) is 0 Å². The van der Waals surface area contributed by atoms with Gasteiger partial charge in [-0.25, -0.2) is 4.79 Å². The lowest BCUT2D eigenvalue weighted by Gasteiger charge is -2.42. The monoisotopic (exact) mass is 396 g/mol. The average Bonchev–Trinajstić information content (AvgIpc) is 2.61. The van der Waals surface area contributed by atoms with Gasteiger partial charge in [0.1, 0.15) is 5.60 Å². The molecule has 0 radical (unpaired) electrons. The van der Waals surface area contributed by atoms with Gasteiger partial charge in [0, 0.05) is 6.08 Å². The van der Waals surface area contributed by atoms with Crippen LogP contribution in [0.5, 0.6) is 0 Å². The first-order chi connectivity index (χ1) is 13.1. The molecule has 0 heterocycles. The Kier molecular flexibility index (Phi) is 7.02. The van der Waals surface area contributed by atoms with E-state index in [0.29, 0.717) is 6.61 Å². The zero-order valence-electron chi connectivity index (χ0n) is 17.9. The second kappa shape index (κ2) is 8.89. The van der Waals surface area contributed by atoms with Crippen LogP contribution in [0, 0.1) is 0 Å². The molecule has 4 heteroatoms. The van der Waals surface area contributed by atoms with E-state index in [1.54, 1.807) is 6.08 Å². The maximum Gasteiger partial charge on any atom is 0.331 e. The van der Waals surface area contributed by atoms with E-state index in [2.05, 4.69) is 69.3 Å². The summed E-state index contributed by atoms with van der Waals surface area (Å²) in [4.78, 5) is 12.0. The standard InChI is InChI=1S/C24H32O3Si/c1-23(2,3)27-22(25)18-13-19-26-28(24(4,5)6,20-14-9-7-10-15-20)21-16-11-8-12-17-21/h7-18H,19H2,1-6H3/b18-13+. The Labute approximate surface area is 170 Å². The van der Waals surface area contributed by atoms with Gasteiger partial charge >= 0.3 is 5.97 Å². The molecule has 0 aliphatic rings. The summed E-state index contributed by atoms with van der Waals surface area (Å²) in [6, 6.07) is 20.9. The van der Waals surface area contributed by atoms with Gasteiger partial charge in [0.05, 0.1) is 6.61 Å². The molecular formula is C24H32O3Si. The second-order valence-corrected chi connectivity index (χ2v) is 13.2. The molecule has 0 unspecified atom stereocenters. The Hall–Kier alpha value is -2.17. The van der Waals surface area contributed by atoms with E-state index < -0.39 is 13.9 Å². The van der Waals surface area contributed by atoms with Gasteiger partial charge in [-0.05, 0) is 36.2 Å². The van der Waals surface area contributed by atoms with Gasteiger partial charge in [-0.2, -0.15) is 0 Å². The van der Waals surface area contributed by atoms with Gasteiger partial charge in [0.25, 0.3) is 8.32 Å². The highest BCUT2D eigenvalue weighted by Gasteiger charge is 2.49. The minimum atomic E-state index is -2.57. The lowest BCUT2D eigenvalue weighted by molar-refractivity contribution is -0.148. The third kappa shape index (κ3) is 5.43. The first-order valence-corrected chi connectivity index (χ1v) is 11.6. The van der Waals surface area contributed by atoms with Crippen LogP contribution in [0.15, 0.2) is 72.8 Å². The van der Waals surface area contributed by atoms with E-state index >= 15 is 0 Å². The molecule has 0 amide bonds. The summed E-state index contributed by atoms with van der Waals surface area (Å²) >= 11 is 0. The van der Waals surface area contributed by atoms with Crippen molar-refractivity contribution in [3.63, 3.8) is 0 Å². The molecule has 0 atom stereocenters. The fraction of sp³-hybridized carbons (Fsp3) is 0.375. The van der Waals surface area contributed by atoms with Crippen molar-refractivity contribution in [2.24, 2.45) is 0 Å². The number of carbonyl (C=O) groups is 1. The SMILES string of the molecule is CC(C)(C)OC(=O)/C=C/CO[Si](c1ccccc1)(c1ccccc1)C(C)(C)C. The Morgan fingerprint density at radius 2 is 1.32 bits per heavy atom. The van der Waals surface area contributed by atoms with Crippen molar-refractivity contribution in [3.8, 4) is 0 Å². The number of ether oxygens (including phenoxy) is 1. The summed E-state index contributed by atoms with van der Waals surface area (Å²) in [6.07, 6.45) is 3.22. The number of hydrogen-bond donors (Lipinski definition) is 0. The van der Waals surface area contributed by atoms with Crippen molar-refractivity contribution in [1.29, 1.82) is 0 Å². The van der Waals surface area contributed by atoms with Crippen molar-refractivity contribution >= 4 is 24.7 Å². The van der Waals surface area contributed by atoms with Crippen LogP contribution in [0.2, 0.25) is 5.04 Å². The molecule has 0 bridgehead atoms. The number of esters is 1. The van der Waals surface area contributed by atoms with Crippen LogP contribution in [0.1, 0.15) is 41.5 Å². The lowest BCUT2D eigenvalue weighted by Crippen LogP contribution is -2.66. The molecule has 0 spiro atoms. The predicted molar refractivity (Wildman–Crippen MR) is 119 cm³/mol. The van der Waals surface area contributed by atoms with Crippen molar-refractivity contribution in [2.75, 3.05) is 6.61 Å². The van der Waals surface area contributed by atoms with Gasteiger partial charge in [0.2, 0.25) is 0 Å². The maximum atomic E-state index is 12.0. The third-order valence-electron chi connectivity index (χ3n) is 4.47. The maximum absolute atomic E-state index is 12.0. The molecule has 3 nitrogen and oxygen atoms in total. The van der Waals surface area contributed by atoms with Gasteiger partial charge in [-0.3, -0.25) is 0 Å². The van der Waals surface area contributed by atoms with Crippen LogP contribution in [-0.2, 0) is 14.0 Å². The third-order valence-corrected chi connectivity index (χ3v) is 9.48. The van der Waals surface area contributed by atoms with Gasteiger partial charge in [0.15, 0.2) is 0 Å². The highest BCUT2D eigenvalue weighted by Crippen LogP contribution is 2.36. The molecule has 0 fully saturated rings. The van der Waals surface area contributed by atoms with E-state index in [4.69, 9.17) is 9.16 Å². The topological polar surface area (TPSA) is 35.5 Å². The molecule has 2 aromatic rings. The van der Waals surface area contributed by atoms with Crippen molar-refractivity contribution in [3.05, 3.63) is 72.8 Å². The van der Waals surface area contributed by atoms with E-state index in [-0.39, 0.29) is 11.0 Å². The Morgan fingerprint density at radius 1 is 0.857 bits per heavy atom. The lowest BCUT2D eigenvalue weighted by atomic mass is 10.2. The van der Waals surface area contributed by atoms with Gasteiger partial charge in [-0.1, -0.05) is 87.5 Å². The smallest absolute Gasteiger partial charge is 0.331 e.